The third-order valence-corrected chi connectivity index (χ3v) is 14.6. The van der Waals surface area contributed by atoms with E-state index in [0.717, 1.165) is 38.5 Å². The Labute approximate surface area is 425 Å². The van der Waals surface area contributed by atoms with E-state index in [4.69, 9.17) is 0 Å². The molecule has 0 aliphatic carbocycles. The van der Waals surface area contributed by atoms with Crippen molar-refractivity contribution < 1.29 is 25.2 Å². The number of rotatable bonds is 57. The molecule has 6 heteroatoms. The maximum Gasteiger partial charge on any atom is 0.249 e. The predicted octanol–water partition coefficient (Wildman–Crippen LogP) is 18.2. The van der Waals surface area contributed by atoms with Gasteiger partial charge in [0.15, 0.2) is 0 Å². The minimum atomic E-state index is -1.28. The lowest BCUT2D eigenvalue weighted by molar-refractivity contribution is -0.132. The Bertz CT molecular complexity index is 1030. The van der Waals surface area contributed by atoms with Crippen LogP contribution in [0.15, 0.2) is 24.3 Å². The fourth-order valence-electron chi connectivity index (χ4n) is 9.82. The van der Waals surface area contributed by atoms with E-state index in [-0.39, 0.29) is 0 Å². The lowest BCUT2D eigenvalue weighted by Crippen LogP contribution is -2.53. The van der Waals surface area contributed by atoms with Gasteiger partial charge in [0.2, 0.25) is 5.91 Å². The van der Waals surface area contributed by atoms with E-state index in [9.17, 15) is 25.2 Å². The van der Waals surface area contributed by atoms with E-state index in [2.05, 4.69) is 43.5 Å². The van der Waals surface area contributed by atoms with Crippen molar-refractivity contribution >= 4 is 5.91 Å². The van der Waals surface area contributed by atoms with Crippen molar-refractivity contribution in [2.75, 3.05) is 6.61 Å². The summed E-state index contributed by atoms with van der Waals surface area (Å²) < 4.78 is 0. The van der Waals surface area contributed by atoms with Gasteiger partial charge in [-0.25, -0.2) is 0 Å². The van der Waals surface area contributed by atoms with E-state index in [0.29, 0.717) is 12.8 Å². The first kappa shape index (κ1) is 66.8. The summed E-state index contributed by atoms with van der Waals surface area (Å²) in [5.41, 5.74) is 0. The predicted molar refractivity (Wildman–Crippen MR) is 298 cm³/mol. The first-order valence-corrected chi connectivity index (χ1v) is 30.7. The van der Waals surface area contributed by atoms with Crippen molar-refractivity contribution in [1.29, 1.82) is 0 Å². The molecule has 4 atom stereocenters. The average molecular weight is 961 g/mol. The van der Waals surface area contributed by atoms with Crippen molar-refractivity contribution in [1.82, 2.24) is 5.32 Å². The lowest BCUT2D eigenvalue weighted by atomic mass is 10.00. The molecule has 68 heavy (non-hydrogen) atoms. The van der Waals surface area contributed by atoms with E-state index in [1.54, 1.807) is 0 Å². The minimum absolute atomic E-state index is 0.366. The van der Waals surface area contributed by atoms with E-state index < -0.39 is 36.9 Å². The van der Waals surface area contributed by atoms with E-state index >= 15 is 0 Å². The Balaban J connectivity index is 3.60. The zero-order valence-corrected chi connectivity index (χ0v) is 45.9. The SMILES string of the molecule is CCCCCCCCCCCCCC/C=C\CCCCCCCCCCCCCCCCC(O)C(=O)NC(CO)C(O)C(O)CCC/C=C/CCCCCCCCCCCCCCCCCCC. The number of carbonyl (C=O) groups excluding carboxylic acids is 1. The highest BCUT2D eigenvalue weighted by Gasteiger charge is 2.28. The molecule has 5 N–H and O–H groups in total. The van der Waals surface area contributed by atoms with Crippen LogP contribution in [0.5, 0.6) is 0 Å². The van der Waals surface area contributed by atoms with Crippen LogP contribution >= 0.6 is 0 Å². The number of aliphatic hydroxyl groups is 4. The van der Waals surface area contributed by atoms with Crippen molar-refractivity contribution in [3.05, 3.63) is 24.3 Å². The van der Waals surface area contributed by atoms with Gasteiger partial charge in [0.05, 0.1) is 18.8 Å². The molecule has 6 nitrogen and oxygen atoms in total. The first-order chi connectivity index (χ1) is 33.5. The molecule has 0 aromatic carbocycles. The Kier molecular flexibility index (Phi) is 55.7. The largest absolute Gasteiger partial charge is 0.394 e. The van der Waals surface area contributed by atoms with Gasteiger partial charge < -0.3 is 25.7 Å². The third-order valence-electron chi connectivity index (χ3n) is 14.6. The number of carbonyl (C=O) groups is 1. The molecular formula is C62H121NO5. The zero-order valence-electron chi connectivity index (χ0n) is 45.9. The number of allylic oxidation sites excluding steroid dienone is 4. The molecule has 1 amide bonds. The van der Waals surface area contributed by atoms with Crippen molar-refractivity contribution in [2.24, 2.45) is 0 Å². The summed E-state index contributed by atoms with van der Waals surface area (Å²) in [6, 6.07) is -1.00. The summed E-state index contributed by atoms with van der Waals surface area (Å²) >= 11 is 0. The molecule has 0 aliphatic heterocycles. The van der Waals surface area contributed by atoms with Crippen molar-refractivity contribution in [3.8, 4) is 0 Å². The highest BCUT2D eigenvalue weighted by atomic mass is 16.3. The smallest absolute Gasteiger partial charge is 0.249 e. The molecule has 0 fully saturated rings. The van der Waals surface area contributed by atoms with E-state index in [1.165, 1.54) is 270 Å². The maximum atomic E-state index is 12.6. The van der Waals surface area contributed by atoms with E-state index in [1.807, 2.05) is 0 Å². The maximum absolute atomic E-state index is 12.6. The average Bonchev–Trinajstić information content (AvgIpc) is 3.34. The molecular weight excluding hydrogens is 839 g/mol. The van der Waals surface area contributed by atoms with Crippen LogP contribution in [-0.4, -0.2) is 57.3 Å². The van der Waals surface area contributed by atoms with Crippen LogP contribution in [0.3, 0.4) is 0 Å². The van der Waals surface area contributed by atoms with Crippen LogP contribution in [0.25, 0.3) is 0 Å². The summed E-state index contributed by atoms with van der Waals surface area (Å²) in [6.45, 7) is 4.09. The monoisotopic (exact) mass is 960 g/mol. The van der Waals surface area contributed by atoms with Gasteiger partial charge in [-0.3, -0.25) is 4.79 Å². The molecule has 0 radical (unpaired) electrons. The molecule has 404 valence electrons. The topological polar surface area (TPSA) is 110 Å². The Morgan fingerprint density at radius 1 is 0.353 bits per heavy atom. The van der Waals surface area contributed by atoms with Crippen LogP contribution in [0.4, 0.5) is 0 Å². The lowest BCUT2D eigenvalue weighted by Gasteiger charge is -2.27. The van der Waals surface area contributed by atoms with Gasteiger partial charge in [-0.2, -0.15) is 0 Å². The molecule has 0 aliphatic rings. The summed E-state index contributed by atoms with van der Waals surface area (Å²) in [4.78, 5) is 12.6. The molecule has 0 aromatic heterocycles. The van der Waals surface area contributed by atoms with Gasteiger partial charge >= 0.3 is 0 Å². The number of amides is 1. The van der Waals surface area contributed by atoms with Gasteiger partial charge in [0.25, 0.3) is 0 Å². The fraction of sp³-hybridized carbons (Fsp3) is 0.919. The van der Waals surface area contributed by atoms with Gasteiger partial charge in [-0.15, -0.1) is 0 Å². The molecule has 0 heterocycles. The minimum Gasteiger partial charge on any atom is -0.394 e. The molecule has 0 rings (SSSR count). The summed E-state index contributed by atoms with van der Waals surface area (Å²) in [6.07, 6.45) is 69.8. The highest BCUT2D eigenvalue weighted by Crippen LogP contribution is 2.18. The van der Waals surface area contributed by atoms with Crippen LogP contribution in [0.1, 0.15) is 335 Å². The van der Waals surface area contributed by atoms with Crippen LogP contribution in [-0.2, 0) is 4.79 Å². The van der Waals surface area contributed by atoms with Gasteiger partial charge in [0.1, 0.15) is 12.2 Å². The quantitative estimate of drug-likeness (QED) is 0.0308. The Morgan fingerprint density at radius 3 is 0.882 bits per heavy atom. The molecule has 0 bridgehead atoms. The second-order valence-corrected chi connectivity index (χ2v) is 21.4. The number of nitrogens with one attached hydrogen (secondary N) is 1. The van der Waals surface area contributed by atoms with Gasteiger partial charge in [-0.05, 0) is 64.2 Å². The second-order valence-electron chi connectivity index (χ2n) is 21.4. The highest BCUT2D eigenvalue weighted by molar-refractivity contribution is 5.80. The first-order valence-electron chi connectivity index (χ1n) is 30.7. The van der Waals surface area contributed by atoms with Gasteiger partial charge in [0, 0.05) is 0 Å². The number of aliphatic hydroxyl groups excluding tert-OH is 4. The molecule has 0 saturated heterocycles. The van der Waals surface area contributed by atoms with Gasteiger partial charge in [-0.1, -0.05) is 295 Å². The van der Waals surface area contributed by atoms with Crippen LogP contribution < -0.4 is 5.32 Å². The number of unbranched alkanes of at least 4 members (excludes halogenated alkanes) is 44. The molecule has 4 unspecified atom stereocenters. The molecule has 0 spiro atoms. The summed E-state index contributed by atoms with van der Waals surface area (Å²) in [7, 11) is 0. The number of hydrogen-bond acceptors (Lipinski definition) is 5. The van der Waals surface area contributed by atoms with Crippen LogP contribution in [0.2, 0.25) is 0 Å². The van der Waals surface area contributed by atoms with Crippen LogP contribution in [0, 0.1) is 0 Å². The Hall–Kier alpha value is -1.21. The molecule has 0 aromatic rings. The van der Waals surface area contributed by atoms with Crippen molar-refractivity contribution in [3.63, 3.8) is 0 Å². The summed E-state index contributed by atoms with van der Waals surface area (Å²) in [5.74, 6) is -0.588. The standard InChI is InChI=1S/C62H121NO5/c1-3-5-7-9-11-13-15-17-19-21-23-25-27-28-29-30-31-32-33-34-36-38-40-42-44-46-48-50-52-54-56-60(66)62(68)63-58(57-64)61(67)59(65)55-53-51-49-47-45-43-41-39-37-35-26-24-22-20-18-16-14-12-10-8-6-4-2/h28-29,47,49,58-61,64-67H,3-27,30-46,48,50-57H2,1-2H3,(H,63,68)/b29-28-,49-47+. The third kappa shape index (κ3) is 49.8. The number of hydrogen-bond donors (Lipinski definition) is 5. The fourth-order valence-corrected chi connectivity index (χ4v) is 9.82. The zero-order chi connectivity index (χ0) is 49.5. The normalized spacial score (nSPS) is 13.8. The van der Waals surface area contributed by atoms with Crippen molar-refractivity contribution in [2.45, 2.75) is 359 Å². The second kappa shape index (κ2) is 56.7. The summed E-state index contributed by atoms with van der Waals surface area (Å²) in [5, 5.41) is 44.0. The Morgan fingerprint density at radius 2 is 0.603 bits per heavy atom. The molecule has 0 saturated carbocycles.